The van der Waals surface area contributed by atoms with E-state index >= 15 is 4.39 Å². The minimum absolute atomic E-state index is 0.277. The number of ether oxygens (including phenoxy) is 4. The molecule has 1 radical (unpaired) electrons. The van der Waals surface area contributed by atoms with Crippen LogP contribution in [-0.2, 0) is 19.0 Å². The molecule has 0 unspecified atom stereocenters. The Morgan fingerprint density at radius 3 is 2.47 bits per heavy atom. The molecule has 0 aromatic heterocycles. The molecule has 2 heterocycles. The minimum atomic E-state index is -1.14. The molecule has 3 rings (SSSR count). The van der Waals surface area contributed by atoms with Crippen molar-refractivity contribution in [3.63, 3.8) is 0 Å². The van der Waals surface area contributed by atoms with Crippen LogP contribution in [-0.4, -0.2) is 61.6 Å². The van der Waals surface area contributed by atoms with E-state index in [1.165, 1.54) is 13.5 Å². The third-order valence-electron chi connectivity index (χ3n) is 6.71. The number of halogens is 1. The summed E-state index contributed by atoms with van der Waals surface area (Å²) in [6.45, 7) is 12.0. The Morgan fingerprint density at radius 2 is 1.84 bits per heavy atom. The zero-order valence-electron chi connectivity index (χ0n) is 23.4. The highest BCUT2D eigenvalue weighted by molar-refractivity contribution is 6.70. The van der Waals surface area contributed by atoms with Gasteiger partial charge in [-0.2, -0.15) is 0 Å². The molecule has 5 atom stereocenters. The lowest BCUT2D eigenvalue weighted by Crippen LogP contribution is -2.39. The second-order valence-electron chi connectivity index (χ2n) is 10.9. The molecule has 1 N–H and O–H groups in total. The molecule has 2 aliphatic rings. The molecular weight excluding hydrogens is 492 g/mol. The molecule has 1 fully saturated rings. The largest absolute Gasteiger partial charge is 0.452 e. The highest BCUT2D eigenvalue weighted by Crippen LogP contribution is 2.39. The summed E-state index contributed by atoms with van der Waals surface area (Å²) in [6, 6.07) is 3.44. The maximum atomic E-state index is 15.0. The van der Waals surface area contributed by atoms with Crippen LogP contribution in [0.25, 0.3) is 6.08 Å². The smallest absolute Gasteiger partial charge is 0.345 e. The van der Waals surface area contributed by atoms with E-state index in [4.69, 9.17) is 18.9 Å². The molecule has 1 saturated heterocycles. The predicted molar refractivity (Wildman–Crippen MR) is 144 cm³/mol. The number of fused-ring (bicyclic) bond motifs is 1. The molecule has 0 saturated carbocycles. The van der Waals surface area contributed by atoms with Gasteiger partial charge in [0.05, 0.1) is 18.3 Å². The zero-order valence-corrected chi connectivity index (χ0v) is 23.4. The van der Waals surface area contributed by atoms with E-state index < -0.39 is 41.8 Å². The number of rotatable bonds is 10. The maximum absolute atomic E-state index is 15.0. The molecule has 8 nitrogen and oxygen atoms in total. The molecule has 1 aromatic carbocycles. The van der Waals surface area contributed by atoms with Gasteiger partial charge in [0.1, 0.15) is 23.3 Å². The van der Waals surface area contributed by atoms with Crippen molar-refractivity contribution in [2.75, 3.05) is 11.9 Å². The van der Waals surface area contributed by atoms with E-state index in [0.717, 1.165) is 0 Å². The molecule has 0 spiro atoms. The average molecular weight is 530 g/mol. The molecule has 2 aliphatic heterocycles. The number of anilines is 1. The van der Waals surface area contributed by atoms with Crippen molar-refractivity contribution in [2.45, 2.75) is 84.8 Å². The quantitative estimate of drug-likeness (QED) is 0.266. The highest BCUT2D eigenvalue weighted by atomic mass is 19.1. The van der Waals surface area contributed by atoms with Crippen LogP contribution in [0.2, 0.25) is 0 Å². The normalized spacial score (nSPS) is 24.7. The molecule has 10 heteroatoms. The first-order valence-corrected chi connectivity index (χ1v) is 12.8. The number of aliphatic hydroxyl groups excluding tert-OH is 1. The number of cyclic esters (lactones) is 1. The predicted octanol–water partition coefficient (Wildman–Crippen LogP) is 4.65. The van der Waals surface area contributed by atoms with Gasteiger partial charge in [0.2, 0.25) is 5.79 Å². The van der Waals surface area contributed by atoms with Crippen molar-refractivity contribution < 1.29 is 38.0 Å². The second-order valence-corrected chi connectivity index (χ2v) is 10.9. The van der Waals surface area contributed by atoms with Gasteiger partial charge >= 0.3 is 13.4 Å². The number of nitrogens with zero attached hydrogens (tertiary/aromatic N) is 1. The van der Waals surface area contributed by atoms with E-state index in [1.807, 2.05) is 6.08 Å². The average Bonchev–Trinajstić information content (AvgIpc) is 3.11. The van der Waals surface area contributed by atoms with E-state index in [1.54, 1.807) is 78.5 Å². The Bertz CT molecular complexity index is 1100. The Morgan fingerprint density at radius 1 is 1.16 bits per heavy atom. The summed E-state index contributed by atoms with van der Waals surface area (Å²) < 4.78 is 38.5. The molecule has 0 amide bonds. The van der Waals surface area contributed by atoms with Crippen molar-refractivity contribution in [1.82, 2.24) is 0 Å². The first kappa shape index (κ1) is 29.9. The van der Waals surface area contributed by atoms with Crippen LogP contribution in [0.4, 0.5) is 10.1 Å². The van der Waals surface area contributed by atoms with E-state index in [2.05, 4.69) is 0 Å². The number of benzene rings is 1. The molecule has 38 heavy (non-hydrogen) atoms. The SMILES string of the molecule is C[C@H](O)[C@H](C)/C=C(/F)[C@@H](C)[C@H]1OC(C)(C)O[C@H]1C/C=C/c1cc(N(C)[B]C=O)cc2c1C(=O)OC(C)(C)O2. The number of carbonyl (C=O) groups is 2. The van der Waals surface area contributed by atoms with Crippen molar-refractivity contribution in [1.29, 1.82) is 0 Å². The first-order valence-electron chi connectivity index (χ1n) is 12.8. The van der Waals surface area contributed by atoms with E-state index in [9.17, 15) is 14.7 Å². The van der Waals surface area contributed by atoms with Crippen LogP contribution in [0, 0.1) is 11.8 Å². The topological polar surface area (TPSA) is 94.5 Å². The van der Waals surface area contributed by atoms with Crippen molar-refractivity contribution >= 4 is 31.3 Å². The Hall–Kier alpha value is -2.69. The molecule has 0 bridgehead atoms. The van der Waals surface area contributed by atoms with Crippen LogP contribution in [0.15, 0.2) is 30.1 Å². The van der Waals surface area contributed by atoms with Gasteiger partial charge in [0.15, 0.2) is 5.79 Å². The van der Waals surface area contributed by atoms with Crippen LogP contribution < -0.4 is 9.55 Å². The number of carbonyl (C=O) groups excluding carboxylic acids is 2. The minimum Gasteiger partial charge on any atom is -0.452 e. The zero-order chi connectivity index (χ0) is 28.4. The monoisotopic (exact) mass is 530 g/mol. The Labute approximate surface area is 225 Å². The summed E-state index contributed by atoms with van der Waals surface area (Å²) in [5, 5.41) is 9.75. The van der Waals surface area contributed by atoms with Crippen molar-refractivity contribution in [3.05, 3.63) is 41.2 Å². The third-order valence-corrected chi connectivity index (χ3v) is 6.71. The maximum Gasteiger partial charge on any atom is 0.345 e. The number of hydrogen-bond acceptors (Lipinski definition) is 8. The molecule has 1 aromatic rings. The summed E-state index contributed by atoms with van der Waals surface area (Å²) in [5.41, 5.74) is 1.47. The van der Waals surface area contributed by atoms with Gasteiger partial charge in [-0.05, 0) is 51.9 Å². The summed E-state index contributed by atoms with van der Waals surface area (Å²) in [7, 11) is 3.08. The summed E-state index contributed by atoms with van der Waals surface area (Å²) in [6.07, 6.45) is 4.39. The second kappa shape index (κ2) is 11.6. The van der Waals surface area contributed by atoms with Crippen molar-refractivity contribution in [2.24, 2.45) is 11.8 Å². The highest BCUT2D eigenvalue weighted by Gasteiger charge is 2.44. The van der Waals surface area contributed by atoms with Crippen LogP contribution >= 0.6 is 0 Å². The number of hydrogen-bond donors (Lipinski definition) is 1. The fraction of sp³-hybridized carbons (Fsp3) is 0.571. The van der Waals surface area contributed by atoms with Crippen LogP contribution in [0.3, 0.4) is 0 Å². The van der Waals surface area contributed by atoms with Gasteiger partial charge in [-0.3, -0.25) is 0 Å². The lowest BCUT2D eigenvalue weighted by molar-refractivity contribution is -0.149. The number of aliphatic hydroxyl groups is 1. The standard InChI is InChI=1S/C28H38BFNO7/c1-16(18(3)33)12-21(30)17(2)25-22(35-27(4,5)37-25)11-9-10-19-13-20(31(8)29-15-32)14-23-24(19)26(34)38-28(6,7)36-23/h9-10,12-18,22,25,33H,11H2,1-8H3/b10-9+,21-12+/t16-,17-,18+,22+,25-/m1/s1. The van der Waals surface area contributed by atoms with Gasteiger partial charge in [-0.15, -0.1) is 0 Å². The summed E-state index contributed by atoms with van der Waals surface area (Å²) in [4.78, 5) is 25.5. The van der Waals surface area contributed by atoms with Gasteiger partial charge in [0.25, 0.3) is 0 Å². The van der Waals surface area contributed by atoms with Gasteiger partial charge < -0.3 is 33.7 Å². The Kier molecular flexibility index (Phi) is 9.11. The van der Waals surface area contributed by atoms with E-state index in [-0.39, 0.29) is 17.3 Å². The van der Waals surface area contributed by atoms with Crippen LogP contribution in [0.1, 0.15) is 70.8 Å². The molecular formula is C28H38BFNO7. The van der Waals surface area contributed by atoms with Gasteiger partial charge in [-0.1, -0.05) is 26.0 Å². The molecule has 207 valence electrons. The fourth-order valence-corrected chi connectivity index (χ4v) is 4.49. The Balaban J connectivity index is 1.89. The fourth-order valence-electron chi connectivity index (χ4n) is 4.49. The van der Waals surface area contributed by atoms with E-state index in [0.29, 0.717) is 29.6 Å². The van der Waals surface area contributed by atoms with Crippen LogP contribution in [0.5, 0.6) is 5.75 Å². The lowest BCUT2D eigenvalue weighted by Gasteiger charge is -2.33. The third kappa shape index (κ3) is 7.04. The van der Waals surface area contributed by atoms with Gasteiger partial charge in [-0.25, -0.2) is 9.18 Å². The van der Waals surface area contributed by atoms with Crippen molar-refractivity contribution in [3.8, 4) is 5.75 Å². The lowest BCUT2D eigenvalue weighted by atomic mass is 9.92. The van der Waals surface area contributed by atoms with Gasteiger partial charge in [0, 0.05) is 37.4 Å². The summed E-state index contributed by atoms with van der Waals surface area (Å²) in [5.74, 6) is -3.50. The number of esters is 1. The first-order chi connectivity index (χ1) is 17.6. The molecule has 0 aliphatic carbocycles. The summed E-state index contributed by atoms with van der Waals surface area (Å²) >= 11 is 0.